The maximum absolute atomic E-state index is 14.0. The van der Waals surface area contributed by atoms with Crippen molar-refractivity contribution >= 4 is 33.8 Å². The van der Waals surface area contributed by atoms with E-state index in [-0.39, 0.29) is 47.3 Å². The summed E-state index contributed by atoms with van der Waals surface area (Å²) in [6, 6.07) is 14.2. The van der Waals surface area contributed by atoms with Crippen LogP contribution in [0.4, 0.5) is 10.1 Å². The first kappa shape index (κ1) is 24.4. The van der Waals surface area contributed by atoms with Gasteiger partial charge in [-0.25, -0.2) is 12.8 Å². The average Bonchev–Trinajstić information content (AvgIpc) is 3.42. The predicted octanol–water partition coefficient (Wildman–Crippen LogP) is 4.67. The summed E-state index contributed by atoms with van der Waals surface area (Å²) in [5.74, 6) is -0.555. The second-order valence-corrected chi connectivity index (χ2v) is 11.3. The Labute approximate surface area is 210 Å². The smallest absolute Gasteiger partial charge is 0.248 e. The monoisotopic (exact) mass is 509 g/mol. The summed E-state index contributed by atoms with van der Waals surface area (Å²) in [7, 11) is -3.91. The summed E-state index contributed by atoms with van der Waals surface area (Å²) in [6.07, 6.45) is 4.59. The number of carbonyl (C=O) groups is 1. The molecule has 0 spiro atoms. The molecule has 2 aliphatic heterocycles. The SMILES string of the molecule is Cc1noc(/C=C/c2ccccc2F)c1S(=O)(=O)N1CCC(C(=O)N2c3ccccc3C[C@H]2C)CC1. The molecule has 2 aliphatic rings. The highest BCUT2D eigenvalue weighted by molar-refractivity contribution is 7.89. The Bertz CT molecular complexity index is 1420. The molecule has 188 valence electrons. The summed E-state index contributed by atoms with van der Waals surface area (Å²) in [6.45, 7) is 4.06. The number of hydrogen-bond donors (Lipinski definition) is 0. The molecule has 1 atom stereocenters. The Morgan fingerprint density at radius 2 is 1.78 bits per heavy atom. The van der Waals surface area contributed by atoms with Crippen molar-refractivity contribution in [2.75, 3.05) is 18.0 Å². The fourth-order valence-electron chi connectivity index (χ4n) is 5.14. The molecule has 36 heavy (non-hydrogen) atoms. The molecule has 0 saturated carbocycles. The number of piperidine rings is 1. The van der Waals surface area contributed by atoms with Crippen molar-refractivity contribution in [3.05, 3.63) is 76.9 Å². The van der Waals surface area contributed by atoms with Gasteiger partial charge in [-0.3, -0.25) is 4.79 Å². The number of aromatic nitrogens is 1. The van der Waals surface area contributed by atoms with Crippen molar-refractivity contribution in [2.24, 2.45) is 5.92 Å². The van der Waals surface area contributed by atoms with Crippen LogP contribution in [0.2, 0.25) is 0 Å². The molecule has 2 aromatic carbocycles. The normalized spacial score (nSPS) is 19.2. The molecule has 1 saturated heterocycles. The van der Waals surface area contributed by atoms with Crippen LogP contribution in [0.3, 0.4) is 0 Å². The fraction of sp³-hybridized carbons (Fsp3) is 0.333. The van der Waals surface area contributed by atoms with Crippen molar-refractivity contribution in [1.82, 2.24) is 9.46 Å². The zero-order valence-corrected chi connectivity index (χ0v) is 21.0. The molecule has 3 aromatic rings. The first-order chi connectivity index (χ1) is 17.3. The van der Waals surface area contributed by atoms with E-state index in [0.717, 1.165) is 17.7 Å². The second-order valence-electron chi connectivity index (χ2n) is 9.38. The molecular formula is C27H28FN3O4S. The Hall–Kier alpha value is -3.30. The molecule has 0 bridgehead atoms. The number of rotatable bonds is 5. The van der Waals surface area contributed by atoms with Crippen LogP contribution in [0.15, 0.2) is 57.9 Å². The minimum absolute atomic E-state index is 0.0260. The number of nitrogens with zero attached hydrogens (tertiary/aromatic N) is 3. The van der Waals surface area contributed by atoms with Crippen molar-refractivity contribution in [1.29, 1.82) is 0 Å². The van der Waals surface area contributed by atoms with E-state index < -0.39 is 15.8 Å². The van der Waals surface area contributed by atoms with E-state index in [1.807, 2.05) is 36.1 Å². The van der Waals surface area contributed by atoms with Gasteiger partial charge in [0, 0.05) is 36.3 Å². The highest BCUT2D eigenvalue weighted by Crippen LogP contribution is 2.35. The van der Waals surface area contributed by atoms with E-state index >= 15 is 0 Å². The van der Waals surface area contributed by atoms with Gasteiger partial charge in [-0.1, -0.05) is 41.6 Å². The van der Waals surface area contributed by atoms with Gasteiger partial charge in [0.15, 0.2) is 10.7 Å². The third-order valence-electron chi connectivity index (χ3n) is 7.00. The molecule has 7 nitrogen and oxygen atoms in total. The van der Waals surface area contributed by atoms with Gasteiger partial charge in [-0.2, -0.15) is 4.31 Å². The van der Waals surface area contributed by atoms with E-state index in [2.05, 4.69) is 5.16 Å². The van der Waals surface area contributed by atoms with Crippen molar-refractivity contribution in [3.63, 3.8) is 0 Å². The van der Waals surface area contributed by atoms with Gasteiger partial charge in [-0.15, -0.1) is 0 Å². The molecular weight excluding hydrogens is 481 g/mol. The molecule has 3 heterocycles. The first-order valence-corrected chi connectivity index (χ1v) is 13.5. The van der Waals surface area contributed by atoms with Crippen molar-refractivity contribution < 1.29 is 22.1 Å². The number of hydrogen-bond acceptors (Lipinski definition) is 5. The number of fused-ring (bicyclic) bond motifs is 1. The fourth-order valence-corrected chi connectivity index (χ4v) is 6.86. The van der Waals surface area contributed by atoms with Gasteiger partial charge in [-0.05, 0) is 63.0 Å². The summed E-state index contributed by atoms with van der Waals surface area (Å²) in [4.78, 5) is 15.3. The highest BCUT2D eigenvalue weighted by atomic mass is 32.2. The molecule has 1 fully saturated rings. The third kappa shape index (κ3) is 4.37. The van der Waals surface area contributed by atoms with Crippen LogP contribution in [-0.2, 0) is 21.2 Å². The van der Waals surface area contributed by atoms with Crippen LogP contribution in [0, 0.1) is 18.7 Å². The molecule has 1 aromatic heterocycles. The minimum Gasteiger partial charge on any atom is -0.355 e. The van der Waals surface area contributed by atoms with Crippen molar-refractivity contribution in [3.8, 4) is 0 Å². The highest BCUT2D eigenvalue weighted by Gasteiger charge is 2.39. The summed E-state index contributed by atoms with van der Waals surface area (Å²) in [5, 5.41) is 3.85. The zero-order chi connectivity index (χ0) is 25.4. The molecule has 5 rings (SSSR count). The number of carbonyl (C=O) groups excluding carboxylic acids is 1. The molecule has 0 radical (unpaired) electrons. The Morgan fingerprint density at radius 1 is 1.08 bits per heavy atom. The lowest BCUT2D eigenvalue weighted by atomic mass is 9.96. The lowest BCUT2D eigenvalue weighted by Crippen LogP contribution is -2.46. The average molecular weight is 510 g/mol. The third-order valence-corrected chi connectivity index (χ3v) is 9.06. The van der Waals surface area contributed by atoms with Gasteiger partial charge in [0.1, 0.15) is 11.5 Å². The number of amides is 1. The zero-order valence-electron chi connectivity index (χ0n) is 20.2. The van der Waals surface area contributed by atoms with E-state index in [4.69, 9.17) is 4.52 Å². The topological polar surface area (TPSA) is 83.7 Å². The predicted molar refractivity (Wildman–Crippen MR) is 135 cm³/mol. The minimum atomic E-state index is -3.91. The molecule has 1 amide bonds. The molecule has 0 aliphatic carbocycles. The molecule has 0 unspecified atom stereocenters. The number of anilines is 1. The van der Waals surface area contributed by atoms with E-state index in [9.17, 15) is 17.6 Å². The van der Waals surface area contributed by atoms with Gasteiger partial charge < -0.3 is 9.42 Å². The lowest BCUT2D eigenvalue weighted by Gasteiger charge is -2.34. The van der Waals surface area contributed by atoms with E-state index in [0.29, 0.717) is 18.4 Å². The molecule has 9 heteroatoms. The second kappa shape index (κ2) is 9.63. The summed E-state index contributed by atoms with van der Waals surface area (Å²) < 4.78 is 47.7. The van der Waals surface area contributed by atoms with Gasteiger partial charge in [0.2, 0.25) is 15.9 Å². The Kier molecular flexibility index (Phi) is 6.53. The van der Waals surface area contributed by atoms with E-state index in [1.54, 1.807) is 25.1 Å². The number of aryl methyl sites for hydroxylation is 1. The number of benzene rings is 2. The van der Waals surface area contributed by atoms with Crippen LogP contribution in [0.5, 0.6) is 0 Å². The maximum atomic E-state index is 14.0. The summed E-state index contributed by atoms with van der Waals surface area (Å²) in [5.41, 5.74) is 2.67. The van der Waals surface area contributed by atoms with Crippen LogP contribution >= 0.6 is 0 Å². The van der Waals surface area contributed by atoms with Gasteiger partial charge >= 0.3 is 0 Å². The standard InChI is InChI=1S/C27H28FN3O4S/c1-18-17-22-8-4-6-10-24(22)31(18)27(32)21-13-15-30(16-14-21)36(33,34)26-19(2)29-35-25(26)12-11-20-7-3-5-9-23(20)28/h3-12,18,21H,13-17H2,1-2H3/b12-11+/t18-/m1/s1. The van der Waals surface area contributed by atoms with Crippen LogP contribution in [-0.4, -0.2) is 42.9 Å². The maximum Gasteiger partial charge on any atom is 0.248 e. The number of sulfonamides is 1. The van der Waals surface area contributed by atoms with Gasteiger partial charge in [0.25, 0.3) is 0 Å². The lowest BCUT2D eigenvalue weighted by molar-refractivity contribution is -0.123. The van der Waals surface area contributed by atoms with E-state index in [1.165, 1.54) is 22.5 Å². The largest absolute Gasteiger partial charge is 0.355 e. The molecule has 0 N–H and O–H groups in total. The number of para-hydroxylation sites is 1. The summed E-state index contributed by atoms with van der Waals surface area (Å²) >= 11 is 0. The first-order valence-electron chi connectivity index (χ1n) is 12.1. The van der Waals surface area contributed by atoms with Gasteiger partial charge in [0.05, 0.1) is 0 Å². The quantitative estimate of drug-likeness (QED) is 0.499. The van der Waals surface area contributed by atoms with Crippen LogP contribution in [0.1, 0.15) is 42.3 Å². The van der Waals surface area contributed by atoms with Crippen LogP contribution < -0.4 is 4.90 Å². The Morgan fingerprint density at radius 3 is 2.53 bits per heavy atom. The van der Waals surface area contributed by atoms with Crippen molar-refractivity contribution in [2.45, 2.75) is 44.0 Å². The Balaban J connectivity index is 1.31. The van der Waals surface area contributed by atoms with Crippen LogP contribution in [0.25, 0.3) is 12.2 Å². The number of halogens is 1.